The summed E-state index contributed by atoms with van der Waals surface area (Å²) in [6.45, 7) is 2.85. The maximum atomic E-state index is 13.3. The zero-order chi connectivity index (χ0) is 18.4. The van der Waals surface area contributed by atoms with E-state index >= 15 is 0 Å². The minimum Gasteiger partial charge on any atom is -0.396 e. The number of ketones is 1. The molecule has 1 fully saturated rings. The molecule has 2 aromatic rings. The molecule has 26 heavy (non-hydrogen) atoms. The molecule has 5 heteroatoms. The lowest BCUT2D eigenvalue weighted by atomic mass is 9.77. The normalized spacial score (nSPS) is 25.2. The summed E-state index contributed by atoms with van der Waals surface area (Å²) in [7, 11) is 1.94. The van der Waals surface area contributed by atoms with Crippen molar-refractivity contribution in [2.75, 3.05) is 19.7 Å². The molecule has 2 atom stereocenters. The van der Waals surface area contributed by atoms with Crippen LogP contribution in [0.1, 0.15) is 29.4 Å². The first-order valence-electron chi connectivity index (χ1n) is 9.21. The van der Waals surface area contributed by atoms with Crippen LogP contribution < -0.4 is 0 Å². The number of carbonyl (C=O) groups excluding carboxylic acids is 2. The molecule has 1 N–H and O–H groups in total. The Kier molecular flexibility index (Phi) is 4.19. The average Bonchev–Trinajstić information content (AvgIpc) is 2.94. The molecule has 5 rings (SSSR count). The number of nitrogens with zero attached hydrogens (tertiary/aromatic N) is 2. The third-order valence-corrected chi connectivity index (χ3v) is 6.04. The highest BCUT2D eigenvalue weighted by molar-refractivity contribution is 6.03. The van der Waals surface area contributed by atoms with Gasteiger partial charge in [0.05, 0.1) is 18.2 Å². The topological polar surface area (TPSA) is 62.5 Å². The maximum absolute atomic E-state index is 13.3. The Morgan fingerprint density at radius 3 is 2.77 bits per heavy atom. The first kappa shape index (κ1) is 17.0. The van der Waals surface area contributed by atoms with Gasteiger partial charge in [0, 0.05) is 43.4 Å². The highest BCUT2D eigenvalue weighted by Crippen LogP contribution is 2.36. The van der Waals surface area contributed by atoms with Gasteiger partial charge in [0.1, 0.15) is 0 Å². The number of fused-ring (bicyclic) bond motifs is 5. The lowest BCUT2D eigenvalue weighted by Gasteiger charge is -2.40. The van der Waals surface area contributed by atoms with Gasteiger partial charge < -0.3 is 14.6 Å². The van der Waals surface area contributed by atoms with Crippen LogP contribution in [0.4, 0.5) is 0 Å². The largest absolute Gasteiger partial charge is 0.396 e. The Labute approximate surface area is 152 Å². The Morgan fingerprint density at radius 2 is 2.04 bits per heavy atom. The van der Waals surface area contributed by atoms with Gasteiger partial charge in [-0.3, -0.25) is 9.59 Å². The fourth-order valence-electron chi connectivity index (χ4n) is 4.68. The van der Waals surface area contributed by atoms with Gasteiger partial charge in [-0.05, 0) is 25.0 Å². The number of hydrogen-bond acceptors (Lipinski definition) is 3. The minimum absolute atomic E-state index is 0.0282. The third kappa shape index (κ3) is 2.42. The fourth-order valence-corrected chi connectivity index (χ4v) is 4.68. The van der Waals surface area contributed by atoms with E-state index in [0.29, 0.717) is 19.5 Å². The van der Waals surface area contributed by atoms with E-state index < -0.39 is 5.92 Å². The van der Waals surface area contributed by atoms with Crippen LogP contribution in [-0.4, -0.2) is 46.0 Å². The molecule has 1 saturated heterocycles. The van der Waals surface area contributed by atoms with Crippen LogP contribution in [0.15, 0.2) is 35.9 Å². The molecule has 3 aliphatic rings. The lowest BCUT2D eigenvalue weighted by Crippen LogP contribution is -2.50. The fraction of sp³-hybridized carbons (Fsp3) is 0.429. The summed E-state index contributed by atoms with van der Waals surface area (Å²) in [5.41, 5.74) is 3.92. The van der Waals surface area contributed by atoms with Crippen molar-refractivity contribution < 1.29 is 14.7 Å². The van der Waals surface area contributed by atoms with Crippen molar-refractivity contribution in [3.05, 3.63) is 47.2 Å². The number of Topliss-reactive ketones (excluding diaryl/α,β-unsaturated/α-hetero) is 1. The summed E-state index contributed by atoms with van der Waals surface area (Å²) >= 11 is 0. The zero-order valence-electron chi connectivity index (χ0n) is 15.2. The van der Waals surface area contributed by atoms with Gasteiger partial charge in [-0.1, -0.05) is 29.8 Å². The second kappa shape index (κ2) is 6.40. The number of piperidine rings is 1. The summed E-state index contributed by atoms with van der Waals surface area (Å²) in [5, 5.41) is 10.9. The van der Waals surface area contributed by atoms with Gasteiger partial charge in [-0.2, -0.15) is 0 Å². The summed E-state index contributed by atoms with van der Waals surface area (Å²) in [6, 6.07) is 8.05. The smallest absolute Gasteiger partial charge is 0.228 e. The molecule has 1 aromatic carbocycles. The standard InChI is InChI=1S/C21H24N2O3/c1-3-13-11-23-9-8-15-14-6-4-5-7-18(14)22(2)20(15)19(25)10-16(13)17(12-24)21(23)26/h3-7,16-17,24H,8-12H2,1-2H3/b13-3-. The predicted octanol–water partition coefficient (Wildman–Crippen LogP) is 2.32. The van der Waals surface area contributed by atoms with Gasteiger partial charge in [-0.15, -0.1) is 0 Å². The number of hydrogen-bond donors (Lipinski definition) is 1. The van der Waals surface area contributed by atoms with Crippen LogP contribution in [0.25, 0.3) is 10.9 Å². The van der Waals surface area contributed by atoms with Gasteiger partial charge in [0.2, 0.25) is 5.91 Å². The summed E-state index contributed by atoms with van der Waals surface area (Å²) in [4.78, 5) is 27.9. The number of aliphatic hydroxyl groups excluding tert-OH is 1. The molecule has 0 saturated carbocycles. The zero-order valence-corrected chi connectivity index (χ0v) is 15.2. The Bertz CT molecular complexity index is 925. The molecule has 2 bridgehead atoms. The Morgan fingerprint density at radius 1 is 1.27 bits per heavy atom. The quantitative estimate of drug-likeness (QED) is 0.801. The summed E-state index contributed by atoms with van der Waals surface area (Å²) < 4.78 is 1.99. The van der Waals surface area contributed by atoms with Gasteiger partial charge in [-0.25, -0.2) is 0 Å². The summed E-state index contributed by atoms with van der Waals surface area (Å²) in [6.07, 6.45) is 2.92. The molecular weight excluding hydrogens is 328 g/mol. The monoisotopic (exact) mass is 352 g/mol. The van der Waals surface area contributed by atoms with Gasteiger partial charge >= 0.3 is 0 Å². The second-order valence-electron chi connectivity index (χ2n) is 7.30. The predicted molar refractivity (Wildman–Crippen MR) is 100.0 cm³/mol. The highest BCUT2D eigenvalue weighted by atomic mass is 16.3. The molecular formula is C21H24N2O3. The number of amides is 1. The third-order valence-electron chi connectivity index (χ3n) is 6.04. The molecule has 136 valence electrons. The number of aliphatic hydroxyl groups is 1. The van der Waals surface area contributed by atoms with E-state index in [0.717, 1.165) is 27.7 Å². The Hall–Kier alpha value is -2.40. The van der Waals surface area contributed by atoms with Crippen LogP contribution in [0.2, 0.25) is 0 Å². The van der Waals surface area contributed by atoms with Crippen molar-refractivity contribution in [2.24, 2.45) is 18.9 Å². The Balaban J connectivity index is 1.89. The number of para-hydroxylation sites is 1. The van der Waals surface area contributed by atoms with Crippen LogP contribution in [0.3, 0.4) is 0 Å². The molecule has 1 amide bonds. The van der Waals surface area contributed by atoms with E-state index in [1.54, 1.807) is 0 Å². The van der Waals surface area contributed by atoms with Crippen molar-refractivity contribution >= 4 is 22.6 Å². The van der Waals surface area contributed by atoms with Crippen LogP contribution >= 0.6 is 0 Å². The lowest BCUT2D eigenvalue weighted by molar-refractivity contribution is -0.140. The number of aromatic nitrogens is 1. The number of benzene rings is 1. The maximum Gasteiger partial charge on any atom is 0.228 e. The first-order chi connectivity index (χ1) is 12.6. The molecule has 2 unspecified atom stereocenters. The van der Waals surface area contributed by atoms with E-state index in [2.05, 4.69) is 6.07 Å². The van der Waals surface area contributed by atoms with Gasteiger partial charge in [0.25, 0.3) is 0 Å². The van der Waals surface area contributed by atoms with Crippen molar-refractivity contribution in [1.29, 1.82) is 0 Å². The average molecular weight is 352 g/mol. The molecule has 3 aliphatic heterocycles. The van der Waals surface area contributed by atoms with Crippen LogP contribution in [0.5, 0.6) is 0 Å². The van der Waals surface area contributed by atoms with E-state index in [4.69, 9.17) is 0 Å². The molecule has 0 spiro atoms. The van der Waals surface area contributed by atoms with Crippen LogP contribution in [-0.2, 0) is 18.3 Å². The summed E-state index contributed by atoms with van der Waals surface area (Å²) in [5.74, 6) is -0.704. The molecule has 4 heterocycles. The van der Waals surface area contributed by atoms with E-state index in [1.165, 1.54) is 0 Å². The van der Waals surface area contributed by atoms with Crippen LogP contribution in [0, 0.1) is 11.8 Å². The SMILES string of the molecule is C/C=C1/CN2CCc3c(n(C)c4ccccc34)C(=O)CC1C(CO)C2=O. The van der Waals surface area contributed by atoms with E-state index in [1.807, 2.05) is 47.7 Å². The van der Waals surface area contributed by atoms with Gasteiger partial charge in [0.15, 0.2) is 5.78 Å². The van der Waals surface area contributed by atoms with Crippen molar-refractivity contribution in [3.8, 4) is 0 Å². The van der Waals surface area contributed by atoms with Crippen molar-refractivity contribution in [1.82, 2.24) is 9.47 Å². The molecule has 5 nitrogen and oxygen atoms in total. The van der Waals surface area contributed by atoms with Crippen molar-refractivity contribution in [2.45, 2.75) is 19.8 Å². The number of allylic oxidation sites excluding steroid dienone is 1. The number of aryl methyl sites for hydroxylation is 1. The number of carbonyl (C=O) groups is 2. The molecule has 1 aromatic heterocycles. The second-order valence-corrected chi connectivity index (χ2v) is 7.30. The highest BCUT2D eigenvalue weighted by Gasteiger charge is 2.41. The van der Waals surface area contributed by atoms with Crippen molar-refractivity contribution in [3.63, 3.8) is 0 Å². The number of rotatable bonds is 1. The first-order valence-corrected chi connectivity index (χ1v) is 9.21. The van der Waals surface area contributed by atoms with E-state index in [-0.39, 0.29) is 30.6 Å². The molecule has 0 radical (unpaired) electrons. The van der Waals surface area contributed by atoms with E-state index in [9.17, 15) is 14.7 Å². The molecule has 0 aliphatic carbocycles. The minimum atomic E-state index is -0.518.